The third-order valence-corrected chi connectivity index (χ3v) is 4.82. The Morgan fingerprint density at radius 2 is 1.84 bits per heavy atom. The van der Waals surface area contributed by atoms with E-state index < -0.39 is 17.7 Å². The van der Waals surface area contributed by atoms with Crippen LogP contribution in [0.1, 0.15) is 0 Å². The topological polar surface area (TPSA) is 83.3 Å². The Morgan fingerprint density at radius 3 is 2.59 bits per heavy atom. The molecule has 0 saturated carbocycles. The first-order valence-electron chi connectivity index (χ1n) is 9.54. The molecule has 4 aromatic rings. The van der Waals surface area contributed by atoms with Gasteiger partial charge in [0.2, 0.25) is 0 Å². The summed E-state index contributed by atoms with van der Waals surface area (Å²) in [7, 11) is 5.99. The second-order valence-electron chi connectivity index (χ2n) is 6.81. The summed E-state index contributed by atoms with van der Waals surface area (Å²) in [6.07, 6.45) is 1.49. The number of hydrogen-bond acceptors (Lipinski definition) is 4. The van der Waals surface area contributed by atoms with Crippen molar-refractivity contribution < 1.29 is 13.6 Å². The monoisotopic (exact) mass is 452 g/mol. The van der Waals surface area contributed by atoms with Gasteiger partial charge < -0.3 is 16.0 Å². The molecule has 0 spiro atoms. The van der Waals surface area contributed by atoms with E-state index in [1.54, 1.807) is 16.6 Å². The Balaban J connectivity index is 1.44. The highest BCUT2D eigenvalue weighted by Crippen LogP contribution is 2.28. The van der Waals surface area contributed by atoms with Crippen LogP contribution in [0.2, 0.25) is 5.02 Å². The van der Waals surface area contributed by atoms with E-state index in [9.17, 15) is 13.6 Å². The largest absolute Gasteiger partial charge is 0.368 e. The molecule has 0 fully saturated rings. The fourth-order valence-electron chi connectivity index (χ4n) is 3.08. The zero-order chi connectivity index (χ0) is 22.7. The molecule has 32 heavy (non-hydrogen) atoms. The molecule has 2 aromatic carbocycles. The van der Waals surface area contributed by atoms with E-state index in [-0.39, 0.29) is 12.2 Å². The van der Waals surface area contributed by atoms with Crippen LogP contribution in [-0.4, -0.2) is 41.6 Å². The molecule has 0 aliphatic rings. The first kappa shape index (κ1) is 21.6. The van der Waals surface area contributed by atoms with Crippen molar-refractivity contribution in [3.05, 3.63) is 71.4 Å². The van der Waals surface area contributed by atoms with Gasteiger partial charge in [-0.1, -0.05) is 29.8 Å². The van der Waals surface area contributed by atoms with E-state index >= 15 is 0 Å². The predicted molar refractivity (Wildman–Crippen MR) is 121 cm³/mol. The number of aromatic nitrogens is 3. The number of fused-ring (bicyclic) bond motifs is 1. The second kappa shape index (κ2) is 9.23. The average Bonchev–Trinajstić information content (AvgIpc) is 3.11. The fourth-order valence-corrected chi connectivity index (χ4v) is 3.31. The molecule has 0 atom stereocenters. The maximum absolute atomic E-state index is 13.2. The minimum atomic E-state index is -0.781. The van der Waals surface area contributed by atoms with Gasteiger partial charge in [-0.15, -0.1) is 0 Å². The highest BCUT2D eigenvalue weighted by Gasteiger charge is 2.12. The van der Waals surface area contributed by atoms with Gasteiger partial charge in [-0.2, -0.15) is 9.61 Å². The Bertz CT molecular complexity index is 1280. The van der Waals surface area contributed by atoms with Gasteiger partial charge in [-0.25, -0.2) is 18.6 Å². The van der Waals surface area contributed by atoms with Gasteiger partial charge in [-0.05, 0) is 23.7 Å². The fraction of sp³-hybridized carbons (Fsp3) is 0.0952. The molecule has 0 saturated heterocycles. The summed E-state index contributed by atoms with van der Waals surface area (Å²) in [4.78, 5) is 16.5. The van der Waals surface area contributed by atoms with Crippen molar-refractivity contribution >= 4 is 48.1 Å². The molecule has 4 rings (SSSR count). The normalized spacial score (nSPS) is 10.8. The predicted octanol–water partition coefficient (Wildman–Crippen LogP) is 3.36. The van der Waals surface area contributed by atoms with E-state index in [2.05, 4.69) is 26.0 Å². The summed E-state index contributed by atoms with van der Waals surface area (Å²) in [5.41, 5.74) is 2.22. The molecule has 11 heteroatoms. The zero-order valence-electron chi connectivity index (χ0n) is 16.6. The van der Waals surface area contributed by atoms with Crippen LogP contribution >= 0.6 is 11.6 Å². The lowest BCUT2D eigenvalue weighted by atomic mass is 10.0. The lowest BCUT2D eigenvalue weighted by molar-refractivity contribution is 0.252. The highest BCUT2D eigenvalue weighted by atomic mass is 35.5. The first-order valence-corrected chi connectivity index (χ1v) is 9.92. The Hall–Kier alpha value is -3.66. The van der Waals surface area contributed by atoms with Crippen LogP contribution in [0, 0.1) is 11.6 Å². The van der Waals surface area contributed by atoms with E-state index in [1.165, 1.54) is 6.20 Å². The van der Waals surface area contributed by atoms with Crippen molar-refractivity contribution in [2.24, 2.45) is 0 Å². The van der Waals surface area contributed by atoms with Crippen molar-refractivity contribution in [1.29, 1.82) is 0 Å². The van der Waals surface area contributed by atoms with E-state index in [1.807, 2.05) is 18.2 Å². The van der Waals surface area contributed by atoms with Crippen molar-refractivity contribution in [3.8, 4) is 11.3 Å². The van der Waals surface area contributed by atoms with Crippen LogP contribution in [0.5, 0.6) is 0 Å². The van der Waals surface area contributed by atoms with Gasteiger partial charge >= 0.3 is 6.03 Å². The highest BCUT2D eigenvalue weighted by molar-refractivity contribution is 6.36. The number of carbonyl (C=O) groups excluding carboxylic acids is 1. The number of benzene rings is 2. The second-order valence-corrected chi connectivity index (χ2v) is 7.21. The molecule has 0 bridgehead atoms. The molecule has 7 nitrogen and oxygen atoms in total. The Labute approximate surface area is 188 Å². The van der Waals surface area contributed by atoms with Gasteiger partial charge in [-0.3, -0.25) is 0 Å². The zero-order valence-corrected chi connectivity index (χ0v) is 17.3. The Kier molecular flexibility index (Phi) is 6.22. The number of nitrogens with zero attached hydrogens (tertiary/aromatic N) is 3. The molecule has 0 aliphatic carbocycles. The quantitative estimate of drug-likeness (QED) is 0.309. The molecular weight excluding hydrogens is 437 g/mol. The first-order chi connectivity index (χ1) is 15.4. The van der Waals surface area contributed by atoms with Crippen LogP contribution in [0.15, 0.2) is 54.7 Å². The van der Waals surface area contributed by atoms with Crippen LogP contribution < -0.4 is 21.4 Å². The van der Waals surface area contributed by atoms with Gasteiger partial charge in [0.05, 0.1) is 5.69 Å². The summed E-state index contributed by atoms with van der Waals surface area (Å²) in [5.74, 6) is -0.969. The summed E-state index contributed by atoms with van der Waals surface area (Å²) < 4.78 is 28.0. The molecule has 0 unspecified atom stereocenters. The van der Waals surface area contributed by atoms with Crippen molar-refractivity contribution in [3.63, 3.8) is 0 Å². The number of nitrogens with one attached hydrogen (secondary N) is 3. The summed E-state index contributed by atoms with van der Waals surface area (Å²) in [6, 6.07) is 11.2. The smallest absolute Gasteiger partial charge is 0.319 e. The maximum atomic E-state index is 13.2. The van der Waals surface area contributed by atoms with E-state index in [4.69, 9.17) is 19.4 Å². The van der Waals surface area contributed by atoms with Crippen molar-refractivity contribution in [2.75, 3.05) is 23.7 Å². The van der Waals surface area contributed by atoms with Gasteiger partial charge in [0.15, 0.2) is 5.65 Å². The third kappa shape index (κ3) is 4.81. The van der Waals surface area contributed by atoms with Crippen LogP contribution in [0.25, 0.3) is 16.9 Å². The minimum absolute atomic E-state index is 0.0141. The number of amides is 2. The molecule has 2 aromatic heterocycles. The molecule has 2 amide bonds. The molecule has 3 N–H and O–H groups in total. The Morgan fingerprint density at radius 1 is 1.09 bits per heavy atom. The number of hydrogen-bond donors (Lipinski definition) is 3. The van der Waals surface area contributed by atoms with Crippen molar-refractivity contribution in [2.45, 2.75) is 0 Å². The maximum Gasteiger partial charge on any atom is 0.319 e. The number of anilines is 2. The summed E-state index contributed by atoms with van der Waals surface area (Å²) in [6.45, 7) is 0.539. The van der Waals surface area contributed by atoms with Gasteiger partial charge in [0.1, 0.15) is 25.3 Å². The minimum Gasteiger partial charge on any atom is -0.368 e. The number of urea groups is 1. The lowest BCUT2D eigenvalue weighted by Crippen LogP contribution is -2.33. The molecule has 0 aliphatic heterocycles. The van der Waals surface area contributed by atoms with E-state index in [0.29, 0.717) is 34.2 Å². The van der Waals surface area contributed by atoms with Gasteiger partial charge in [0.25, 0.3) is 0 Å². The van der Waals surface area contributed by atoms with Crippen LogP contribution in [-0.2, 0) is 0 Å². The molecular formula is C21H16BClF2N6O. The van der Waals surface area contributed by atoms with Gasteiger partial charge in [0, 0.05) is 47.7 Å². The van der Waals surface area contributed by atoms with Crippen molar-refractivity contribution in [1.82, 2.24) is 19.9 Å². The van der Waals surface area contributed by atoms with Crippen LogP contribution in [0.3, 0.4) is 0 Å². The molecule has 160 valence electrons. The van der Waals surface area contributed by atoms with E-state index in [0.717, 1.165) is 23.8 Å². The average molecular weight is 453 g/mol. The van der Waals surface area contributed by atoms with Crippen LogP contribution in [0.4, 0.5) is 25.1 Å². The molecule has 2 radical (unpaired) electrons. The SMILES string of the molecule is [B]c1cnn2c(NCCNC(=O)Nc3cc(F)cc(F)c3)cc(-c3ccccc3Cl)nc12. The number of halogens is 3. The molecule has 2 heterocycles. The lowest BCUT2D eigenvalue weighted by Gasteiger charge is -2.13. The summed E-state index contributed by atoms with van der Waals surface area (Å²) >= 11 is 6.31. The third-order valence-electron chi connectivity index (χ3n) is 4.49. The standard InChI is InChI=1S/C21H16BClF2N6O/c22-16-11-28-31-19(10-18(30-20(16)31)15-3-1-2-4-17(15)23)26-5-6-27-21(32)29-14-8-12(24)7-13(25)9-14/h1-4,7-11,26H,5-6H2,(H2,27,29,32). The number of carbonyl (C=O) groups is 1. The number of rotatable bonds is 6. The summed E-state index contributed by atoms with van der Waals surface area (Å²) in [5, 5.41) is 12.9.